The van der Waals surface area contributed by atoms with E-state index < -0.39 is 0 Å². The molecule has 16 heavy (non-hydrogen) atoms. The highest BCUT2D eigenvalue weighted by Gasteiger charge is 2.33. The van der Waals surface area contributed by atoms with Crippen LogP contribution in [0.25, 0.3) is 0 Å². The number of H-pyrrole nitrogens is 1. The molecule has 3 atom stereocenters. The molecule has 1 aliphatic heterocycles. The minimum Gasteiger partial charge on any atom is -0.395 e. The first kappa shape index (κ1) is 11.5. The summed E-state index contributed by atoms with van der Waals surface area (Å²) in [5.74, 6) is 0.311. The maximum Gasteiger partial charge on any atom is 0.329 e. The molecule has 1 aromatic heterocycles. The van der Waals surface area contributed by atoms with Gasteiger partial charge in [-0.2, -0.15) is 0 Å². The Labute approximate surface area is 96.5 Å². The van der Waals surface area contributed by atoms with Gasteiger partial charge in [-0.25, -0.2) is 4.79 Å². The van der Waals surface area contributed by atoms with Gasteiger partial charge in [-0.1, -0.05) is 6.92 Å². The zero-order valence-electron chi connectivity index (χ0n) is 8.92. The van der Waals surface area contributed by atoms with E-state index >= 15 is 0 Å². The molecule has 0 aliphatic carbocycles. The average molecular weight is 242 g/mol. The van der Waals surface area contributed by atoms with E-state index in [0.29, 0.717) is 5.92 Å². The molecule has 3 unspecified atom stereocenters. The molecule has 2 heterocycles. The lowest BCUT2D eigenvalue weighted by atomic mass is 10.1. The molecular weight excluding hydrogens is 228 g/mol. The van der Waals surface area contributed by atoms with Crippen molar-refractivity contribution in [2.24, 2.45) is 5.92 Å². The minimum atomic E-state index is -0.379. The van der Waals surface area contributed by atoms with Crippen LogP contribution in [0.4, 0.5) is 0 Å². The Kier molecular flexibility index (Phi) is 3.20. The van der Waals surface area contributed by atoms with E-state index in [4.69, 9.17) is 5.11 Å². The summed E-state index contributed by atoms with van der Waals surface area (Å²) in [7, 11) is 0. The van der Waals surface area contributed by atoms with Crippen molar-refractivity contribution >= 4 is 11.8 Å². The molecule has 0 saturated carbocycles. The van der Waals surface area contributed by atoms with Gasteiger partial charge >= 0.3 is 5.69 Å². The lowest BCUT2D eigenvalue weighted by molar-refractivity contribution is 0.284. The molecule has 88 valence electrons. The Bertz CT molecular complexity index is 481. The third kappa shape index (κ3) is 2.08. The molecule has 1 aliphatic rings. The summed E-state index contributed by atoms with van der Waals surface area (Å²) in [6, 6.07) is 1.35. The molecule has 2 rings (SSSR count). The van der Waals surface area contributed by atoms with Crippen molar-refractivity contribution in [2.45, 2.75) is 24.0 Å². The number of rotatable bonds is 2. The van der Waals surface area contributed by atoms with Gasteiger partial charge in [0.15, 0.2) is 0 Å². The van der Waals surface area contributed by atoms with E-state index in [9.17, 15) is 9.59 Å². The summed E-state index contributed by atoms with van der Waals surface area (Å²) in [5, 5.41) is 9.28. The zero-order valence-corrected chi connectivity index (χ0v) is 9.74. The topological polar surface area (TPSA) is 75.1 Å². The number of aliphatic hydroxyl groups excluding tert-OH is 1. The second kappa shape index (κ2) is 4.47. The molecular formula is C10H14N2O3S. The van der Waals surface area contributed by atoms with Gasteiger partial charge in [0.2, 0.25) is 0 Å². The van der Waals surface area contributed by atoms with Crippen molar-refractivity contribution in [3.05, 3.63) is 33.1 Å². The number of aliphatic hydroxyl groups is 1. The Morgan fingerprint density at radius 2 is 2.38 bits per heavy atom. The predicted molar refractivity (Wildman–Crippen MR) is 62.6 cm³/mol. The first-order valence-corrected chi connectivity index (χ1v) is 6.14. The van der Waals surface area contributed by atoms with Gasteiger partial charge < -0.3 is 5.11 Å². The molecule has 0 spiro atoms. The molecule has 0 aromatic carbocycles. The number of thioether (sulfide) groups is 1. The van der Waals surface area contributed by atoms with Gasteiger partial charge in [0.25, 0.3) is 5.56 Å². The summed E-state index contributed by atoms with van der Waals surface area (Å²) in [6.07, 6.45) is 2.41. The van der Waals surface area contributed by atoms with Crippen LogP contribution >= 0.6 is 11.8 Å². The molecule has 0 amide bonds. The zero-order chi connectivity index (χ0) is 11.7. The molecule has 5 nitrogen and oxygen atoms in total. The number of nitrogens with zero attached hydrogens (tertiary/aromatic N) is 1. The normalized spacial score (nSPS) is 29.5. The van der Waals surface area contributed by atoms with E-state index in [1.165, 1.54) is 16.8 Å². The van der Waals surface area contributed by atoms with E-state index in [1.54, 1.807) is 11.8 Å². The standard InChI is InChI=1S/C10H14N2O3S/c1-6-4-7(5-13)16-9(6)12-3-2-8(14)11-10(12)15/h2-3,6-7,9,13H,4-5H2,1H3,(H,11,14,15). The molecule has 1 fully saturated rings. The minimum absolute atomic E-state index is 0.00139. The first-order chi connectivity index (χ1) is 7.61. The van der Waals surface area contributed by atoms with Crippen LogP contribution in [0.3, 0.4) is 0 Å². The van der Waals surface area contributed by atoms with Crippen molar-refractivity contribution in [1.82, 2.24) is 9.55 Å². The smallest absolute Gasteiger partial charge is 0.329 e. The molecule has 6 heteroatoms. The van der Waals surface area contributed by atoms with Gasteiger partial charge in [0.1, 0.15) is 0 Å². The van der Waals surface area contributed by atoms with Crippen LogP contribution in [-0.2, 0) is 0 Å². The fourth-order valence-corrected chi connectivity index (χ4v) is 3.57. The van der Waals surface area contributed by atoms with Crippen molar-refractivity contribution < 1.29 is 5.11 Å². The highest BCUT2D eigenvalue weighted by molar-refractivity contribution is 8.00. The maximum atomic E-state index is 11.6. The number of hydrogen-bond donors (Lipinski definition) is 2. The van der Waals surface area contributed by atoms with Crippen LogP contribution in [0.1, 0.15) is 18.7 Å². The fraction of sp³-hybridized carbons (Fsp3) is 0.600. The molecule has 1 aromatic rings. The van der Waals surface area contributed by atoms with Crippen molar-refractivity contribution in [3.8, 4) is 0 Å². The lowest BCUT2D eigenvalue weighted by Crippen LogP contribution is -2.31. The molecule has 1 saturated heterocycles. The molecule has 0 radical (unpaired) electrons. The van der Waals surface area contributed by atoms with Crippen LogP contribution < -0.4 is 11.2 Å². The van der Waals surface area contributed by atoms with Crippen molar-refractivity contribution in [2.75, 3.05) is 6.61 Å². The Hall–Kier alpha value is -1.01. The van der Waals surface area contributed by atoms with Gasteiger partial charge in [0.05, 0.1) is 12.0 Å². The predicted octanol–water partition coefficient (Wildman–Crippen LogP) is 0.169. The summed E-state index contributed by atoms with van der Waals surface area (Å²) in [5.41, 5.74) is -0.758. The van der Waals surface area contributed by atoms with E-state index in [2.05, 4.69) is 4.98 Å². The third-order valence-electron chi connectivity index (χ3n) is 2.78. The van der Waals surface area contributed by atoms with Crippen LogP contribution in [0.5, 0.6) is 0 Å². The average Bonchev–Trinajstić information content (AvgIpc) is 2.60. The van der Waals surface area contributed by atoms with E-state index in [-0.39, 0.29) is 28.5 Å². The summed E-state index contributed by atoms with van der Waals surface area (Å²) in [4.78, 5) is 24.8. The highest BCUT2D eigenvalue weighted by Crippen LogP contribution is 2.44. The van der Waals surface area contributed by atoms with E-state index in [0.717, 1.165) is 6.42 Å². The largest absolute Gasteiger partial charge is 0.395 e. The van der Waals surface area contributed by atoms with Crippen molar-refractivity contribution in [1.29, 1.82) is 0 Å². The van der Waals surface area contributed by atoms with Crippen molar-refractivity contribution in [3.63, 3.8) is 0 Å². The maximum absolute atomic E-state index is 11.6. The fourth-order valence-electron chi connectivity index (χ4n) is 2.00. The number of hydrogen-bond acceptors (Lipinski definition) is 4. The second-order valence-electron chi connectivity index (χ2n) is 4.06. The van der Waals surface area contributed by atoms with Crippen LogP contribution in [-0.4, -0.2) is 26.5 Å². The SMILES string of the molecule is CC1CC(CO)SC1n1ccc(=O)[nH]c1=O. The summed E-state index contributed by atoms with van der Waals surface area (Å²) in [6.45, 7) is 2.18. The molecule has 2 N–H and O–H groups in total. The second-order valence-corrected chi connectivity index (χ2v) is 5.48. The van der Waals surface area contributed by atoms with Gasteiger partial charge in [-0.05, 0) is 12.3 Å². The first-order valence-electron chi connectivity index (χ1n) is 5.19. The number of aromatic nitrogens is 2. The molecule has 0 bridgehead atoms. The summed E-state index contributed by atoms with van der Waals surface area (Å²) >= 11 is 1.58. The Morgan fingerprint density at radius 3 is 2.94 bits per heavy atom. The van der Waals surface area contributed by atoms with Gasteiger partial charge in [-0.15, -0.1) is 11.8 Å². The van der Waals surface area contributed by atoms with Gasteiger partial charge in [0, 0.05) is 17.5 Å². The Morgan fingerprint density at radius 1 is 1.62 bits per heavy atom. The Balaban J connectivity index is 2.31. The monoisotopic (exact) mass is 242 g/mol. The van der Waals surface area contributed by atoms with Gasteiger partial charge in [-0.3, -0.25) is 14.3 Å². The third-order valence-corrected chi connectivity index (χ3v) is 4.48. The lowest BCUT2D eigenvalue weighted by Gasteiger charge is -2.16. The van der Waals surface area contributed by atoms with Crippen LogP contribution in [0.15, 0.2) is 21.9 Å². The quantitative estimate of drug-likeness (QED) is 0.775. The van der Waals surface area contributed by atoms with Crippen LogP contribution in [0, 0.1) is 5.92 Å². The number of nitrogens with one attached hydrogen (secondary N) is 1. The van der Waals surface area contributed by atoms with Crippen LogP contribution in [0.2, 0.25) is 0 Å². The highest BCUT2D eigenvalue weighted by atomic mass is 32.2. The number of aromatic amines is 1. The van der Waals surface area contributed by atoms with E-state index in [1.807, 2.05) is 6.92 Å². The summed E-state index contributed by atoms with van der Waals surface area (Å²) < 4.78 is 1.53.